The summed E-state index contributed by atoms with van der Waals surface area (Å²) in [4.78, 5) is 27.4. The van der Waals surface area contributed by atoms with E-state index in [0.29, 0.717) is 23.0 Å². The van der Waals surface area contributed by atoms with Crippen LogP contribution in [-0.2, 0) is 18.3 Å². The van der Waals surface area contributed by atoms with Crippen molar-refractivity contribution in [1.82, 2.24) is 25.1 Å². The lowest BCUT2D eigenvalue weighted by Gasteiger charge is -2.05. The number of carbonyl (C=O) groups is 2. The molecule has 0 unspecified atom stereocenters. The number of aryl methyl sites for hydroxylation is 1. The molecule has 0 bridgehead atoms. The maximum atomic E-state index is 12.5. The van der Waals surface area contributed by atoms with Gasteiger partial charge in [-0.2, -0.15) is 0 Å². The van der Waals surface area contributed by atoms with E-state index < -0.39 is 0 Å². The van der Waals surface area contributed by atoms with Crippen LogP contribution in [0.5, 0.6) is 0 Å². The number of benzene rings is 1. The number of Topliss-reactive ketones (excluding diaryl/α,β-unsaturated/α-hetero) is 1. The Morgan fingerprint density at radius 3 is 2.48 bits per heavy atom. The highest BCUT2D eigenvalue weighted by molar-refractivity contribution is 7.99. The van der Waals surface area contributed by atoms with Gasteiger partial charge in [0.25, 0.3) is 0 Å². The molecule has 150 valence electrons. The van der Waals surface area contributed by atoms with Crippen LogP contribution in [0.2, 0.25) is 0 Å². The van der Waals surface area contributed by atoms with E-state index in [9.17, 15) is 9.59 Å². The van der Waals surface area contributed by atoms with Crippen molar-refractivity contribution in [2.24, 2.45) is 7.05 Å². The molecular formula is C21H23N5O2S. The van der Waals surface area contributed by atoms with Crippen LogP contribution in [0.1, 0.15) is 29.3 Å². The summed E-state index contributed by atoms with van der Waals surface area (Å²) in [5.74, 6) is 1.07. The van der Waals surface area contributed by atoms with E-state index in [4.69, 9.17) is 0 Å². The standard InChI is InChI=1S/C21H23N5O2S/c1-15(27)23-11-3-4-16-5-7-17(8-6-16)19(28)14-29-21-25-24-20(26(21)2)18-9-12-22-13-10-18/h5-10,12-13H,3-4,11,14H2,1-2H3,(H,23,27). The third-order valence-electron chi connectivity index (χ3n) is 4.40. The third-order valence-corrected chi connectivity index (χ3v) is 5.42. The molecule has 29 heavy (non-hydrogen) atoms. The number of nitrogens with one attached hydrogen (secondary N) is 1. The van der Waals surface area contributed by atoms with Crippen molar-refractivity contribution in [2.75, 3.05) is 12.3 Å². The molecule has 2 aromatic heterocycles. The molecule has 3 aromatic rings. The van der Waals surface area contributed by atoms with Gasteiger partial charge >= 0.3 is 0 Å². The second-order valence-corrected chi connectivity index (χ2v) is 7.54. The van der Waals surface area contributed by atoms with E-state index in [1.54, 1.807) is 12.4 Å². The fourth-order valence-electron chi connectivity index (χ4n) is 2.82. The minimum Gasteiger partial charge on any atom is -0.356 e. The molecule has 2 heterocycles. The summed E-state index contributed by atoms with van der Waals surface area (Å²) < 4.78 is 1.88. The fourth-order valence-corrected chi connectivity index (χ4v) is 3.63. The van der Waals surface area contributed by atoms with Gasteiger partial charge in [-0.15, -0.1) is 10.2 Å². The average Bonchev–Trinajstić information content (AvgIpc) is 3.10. The Kier molecular flexibility index (Phi) is 7.13. The van der Waals surface area contributed by atoms with E-state index in [-0.39, 0.29) is 11.7 Å². The average molecular weight is 410 g/mol. The molecule has 1 aromatic carbocycles. The Hall–Kier alpha value is -3.00. The number of thioether (sulfide) groups is 1. The van der Waals surface area contributed by atoms with Gasteiger partial charge < -0.3 is 9.88 Å². The number of hydrogen-bond donors (Lipinski definition) is 1. The molecular weight excluding hydrogens is 386 g/mol. The zero-order valence-electron chi connectivity index (χ0n) is 16.5. The van der Waals surface area contributed by atoms with Crippen molar-refractivity contribution in [3.8, 4) is 11.4 Å². The first-order chi connectivity index (χ1) is 14.0. The van der Waals surface area contributed by atoms with Crippen LogP contribution in [0.25, 0.3) is 11.4 Å². The van der Waals surface area contributed by atoms with Gasteiger partial charge in [-0.05, 0) is 30.5 Å². The summed E-state index contributed by atoms with van der Waals surface area (Å²) in [6, 6.07) is 11.4. The topological polar surface area (TPSA) is 89.8 Å². The third kappa shape index (κ3) is 5.74. The van der Waals surface area contributed by atoms with Gasteiger partial charge in [0, 0.05) is 44.0 Å². The van der Waals surface area contributed by atoms with E-state index >= 15 is 0 Å². The minimum absolute atomic E-state index is 0.0146. The number of amides is 1. The molecule has 0 aliphatic carbocycles. The van der Waals surface area contributed by atoms with Crippen LogP contribution in [0, 0.1) is 0 Å². The molecule has 1 amide bonds. The molecule has 0 aliphatic rings. The van der Waals surface area contributed by atoms with Crippen LogP contribution in [0.3, 0.4) is 0 Å². The fraction of sp³-hybridized carbons (Fsp3) is 0.286. The van der Waals surface area contributed by atoms with E-state index in [2.05, 4.69) is 20.5 Å². The molecule has 0 atom stereocenters. The van der Waals surface area contributed by atoms with Crippen molar-refractivity contribution >= 4 is 23.5 Å². The number of carbonyl (C=O) groups excluding carboxylic acids is 2. The molecule has 0 fully saturated rings. The molecule has 0 saturated carbocycles. The molecule has 1 N–H and O–H groups in total. The van der Waals surface area contributed by atoms with Gasteiger partial charge in [0.1, 0.15) is 0 Å². The molecule has 0 radical (unpaired) electrons. The first kappa shape index (κ1) is 20.7. The highest BCUT2D eigenvalue weighted by Gasteiger charge is 2.13. The van der Waals surface area contributed by atoms with Gasteiger partial charge in [-0.1, -0.05) is 36.0 Å². The summed E-state index contributed by atoms with van der Waals surface area (Å²) >= 11 is 1.37. The van der Waals surface area contributed by atoms with Crippen molar-refractivity contribution < 1.29 is 9.59 Å². The summed E-state index contributed by atoms with van der Waals surface area (Å²) in [5, 5.41) is 11.9. The summed E-state index contributed by atoms with van der Waals surface area (Å²) in [7, 11) is 1.89. The van der Waals surface area contributed by atoms with Crippen LogP contribution in [-0.4, -0.2) is 43.7 Å². The van der Waals surface area contributed by atoms with Gasteiger partial charge in [0.15, 0.2) is 16.8 Å². The molecule has 0 spiro atoms. The van der Waals surface area contributed by atoms with Gasteiger partial charge in [-0.25, -0.2) is 0 Å². The highest BCUT2D eigenvalue weighted by Crippen LogP contribution is 2.22. The molecule has 8 heteroatoms. The van der Waals surface area contributed by atoms with Crippen LogP contribution in [0.15, 0.2) is 53.9 Å². The zero-order valence-corrected chi connectivity index (χ0v) is 17.3. The summed E-state index contributed by atoms with van der Waals surface area (Å²) in [6.45, 7) is 2.17. The second-order valence-electron chi connectivity index (χ2n) is 6.60. The SMILES string of the molecule is CC(=O)NCCCc1ccc(C(=O)CSc2nnc(-c3ccncc3)n2C)cc1. The van der Waals surface area contributed by atoms with Crippen LogP contribution < -0.4 is 5.32 Å². The highest BCUT2D eigenvalue weighted by atomic mass is 32.2. The lowest BCUT2D eigenvalue weighted by molar-refractivity contribution is -0.118. The first-order valence-electron chi connectivity index (χ1n) is 9.34. The lowest BCUT2D eigenvalue weighted by Crippen LogP contribution is -2.21. The predicted molar refractivity (Wildman–Crippen MR) is 113 cm³/mol. The monoisotopic (exact) mass is 409 g/mol. The Labute approximate surface area is 174 Å². The lowest BCUT2D eigenvalue weighted by atomic mass is 10.1. The first-order valence-corrected chi connectivity index (χ1v) is 10.3. The van der Waals surface area contributed by atoms with Gasteiger partial charge in [0.05, 0.1) is 5.75 Å². The van der Waals surface area contributed by atoms with Crippen molar-refractivity contribution in [2.45, 2.75) is 24.9 Å². The Morgan fingerprint density at radius 1 is 1.07 bits per heavy atom. The maximum Gasteiger partial charge on any atom is 0.216 e. The zero-order chi connectivity index (χ0) is 20.6. The molecule has 0 aliphatic heterocycles. The van der Waals surface area contributed by atoms with Crippen molar-refractivity contribution in [3.63, 3.8) is 0 Å². The predicted octanol–water partition coefficient (Wildman–Crippen LogP) is 2.92. The number of ketones is 1. The molecule has 3 rings (SSSR count). The molecule has 7 nitrogen and oxygen atoms in total. The number of aromatic nitrogens is 4. The van der Waals surface area contributed by atoms with E-state index in [0.717, 1.165) is 29.8 Å². The largest absolute Gasteiger partial charge is 0.356 e. The van der Waals surface area contributed by atoms with Crippen LogP contribution in [0.4, 0.5) is 0 Å². The minimum atomic E-state index is -0.0146. The number of rotatable bonds is 9. The second kappa shape index (κ2) is 9.97. The van der Waals surface area contributed by atoms with E-state index in [1.807, 2.05) is 48.0 Å². The van der Waals surface area contributed by atoms with Gasteiger partial charge in [-0.3, -0.25) is 14.6 Å². The maximum absolute atomic E-state index is 12.5. The normalized spacial score (nSPS) is 10.7. The Bertz CT molecular complexity index is 970. The summed E-state index contributed by atoms with van der Waals surface area (Å²) in [5.41, 5.74) is 2.76. The Morgan fingerprint density at radius 2 is 1.79 bits per heavy atom. The Balaban J connectivity index is 1.53. The summed E-state index contributed by atoms with van der Waals surface area (Å²) in [6.07, 6.45) is 5.16. The quantitative estimate of drug-likeness (QED) is 0.332. The smallest absolute Gasteiger partial charge is 0.216 e. The van der Waals surface area contributed by atoms with Crippen molar-refractivity contribution in [3.05, 3.63) is 59.9 Å². The van der Waals surface area contributed by atoms with Crippen LogP contribution >= 0.6 is 11.8 Å². The van der Waals surface area contributed by atoms with E-state index in [1.165, 1.54) is 18.7 Å². The molecule has 0 saturated heterocycles. The van der Waals surface area contributed by atoms with Crippen molar-refractivity contribution in [1.29, 1.82) is 0 Å². The van der Waals surface area contributed by atoms with Gasteiger partial charge in [0.2, 0.25) is 5.91 Å². The number of hydrogen-bond acceptors (Lipinski definition) is 6. The number of nitrogens with zero attached hydrogens (tertiary/aromatic N) is 4. The number of pyridine rings is 1.